The van der Waals surface area contributed by atoms with Gasteiger partial charge >= 0.3 is 0 Å². The summed E-state index contributed by atoms with van der Waals surface area (Å²) in [6, 6.07) is 0. The molecule has 1 aromatic heterocycles. The van der Waals surface area contributed by atoms with Crippen molar-refractivity contribution in [2.24, 2.45) is 17.3 Å². The summed E-state index contributed by atoms with van der Waals surface area (Å²) >= 11 is 1.99. The lowest BCUT2D eigenvalue weighted by atomic mass is 9.96. The zero-order valence-electron chi connectivity index (χ0n) is 10.3. The van der Waals surface area contributed by atoms with Gasteiger partial charge in [-0.15, -0.1) is 0 Å². The highest BCUT2D eigenvalue weighted by atomic mass is 127. The van der Waals surface area contributed by atoms with E-state index in [9.17, 15) is 0 Å². The Morgan fingerprint density at radius 2 is 1.89 bits per heavy atom. The minimum Gasteiger partial charge on any atom is -0.395 e. The first-order chi connectivity index (χ1) is 8.21. The molecule has 0 aliphatic rings. The fourth-order valence-corrected chi connectivity index (χ4v) is 2.36. The number of nitrogens with one attached hydrogen (secondary N) is 4. The van der Waals surface area contributed by atoms with Gasteiger partial charge in [0.15, 0.2) is 0 Å². The van der Waals surface area contributed by atoms with Crippen LogP contribution in [0.4, 0.5) is 11.5 Å². The molecule has 0 aliphatic carbocycles. The van der Waals surface area contributed by atoms with Crippen LogP contribution >= 0.6 is 32.3 Å². The quantitative estimate of drug-likeness (QED) is 0.0844. The first kappa shape index (κ1) is 15.9. The minimum absolute atomic E-state index is 0.459. The van der Waals surface area contributed by atoms with Crippen molar-refractivity contribution in [3.05, 3.63) is 11.3 Å². The predicted octanol–water partition coefficient (Wildman–Crippen LogP) is -0.535. The third-order valence-electron chi connectivity index (χ3n) is 2.70. The average Bonchev–Trinajstić information content (AvgIpc) is 2.65. The van der Waals surface area contributed by atoms with E-state index >= 15 is 0 Å². The maximum Gasteiger partial charge on any atom is 0.130 e. The van der Waals surface area contributed by atoms with Gasteiger partial charge in [0.25, 0.3) is 0 Å². The van der Waals surface area contributed by atoms with E-state index < -0.39 is 11.3 Å². The molecule has 2 unspecified atom stereocenters. The van der Waals surface area contributed by atoms with Gasteiger partial charge in [-0.3, -0.25) is 5.84 Å². The minimum atomic E-state index is -1.10. The molecule has 0 aromatic carbocycles. The van der Waals surface area contributed by atoms with E-state index in [2.05, 4.69) is 28.4 Å². The van der Waals surface area contributed by atoms with Crippen molar-refractivity contribution in [2.45, 2.75) is 25.2 Å². The zero-order valence-corrected chi connectivity index (χ0v) is 13.6. The van der Waals surface area contributed by atoms with Crippen LogP contribution in [-0.2, 0) is 11.3 Å². The Hall–Kier alpha value is -0.160. The molecule has 10 heteroatoms. The summed E-state index contributed by atoms with van der Waals surface area (Å²) in [4.78, 5) is 3.12. The molecule has 0 saturated heterocycles. The number of aromatic nitrogens is 1. The lowest BCUT2D eigenvalue weighted by Gasteiger charge is -2.31. The van der Waals surface area contributed by atoms with Gasteiger partial charge in [-0.25, -0.2) is 8.96 Å². The Morgan fingerprint density at radius 1 is 1.33 bits per heavy atom. The molecule has 18 heavy (non-hydrogen) atoms. The van der Waals surface area contributed by atoms with Crippen molar-refractivity contribution < 1.29 is 0 Å². The normalized spacial score (nSPS) is 15.5. The molecule has 1 aromatic rings. The lowest BCUT2D eigenvalue weighted by Crippen LogP contribution is -2.54. The molecular weight excluding hydrogens is 366 g/mol. The molecule has 1 heterocycles. The molecule has 8 nitrogen and oxygen atoms in total. The van der Waals surface area contributed by atoms with Crippen molar-refractivity contribution >= 4 is 43.8 Å². The number of halogens is 1. The van der Waals surface area contributed by atoms with Crippen molar-refractivity contribution in [1.29, 1.82) is 0 Å². The summed E-state index contributed by atoms with van der Waals surface area (Å²) in [6.07, 6.45) is 0. The number of anilines is 2. The largest absolute Gasteiger partial charge is 0.395 e. The summed E-state index contributed by atoms with van der Waals surface area (Å²) in [6.45, 7) is 3.51. The summed E-state index contributed by atoms with van der Waals surface area (Å²) in [5.41, 5.74) is 20.6. The topological polar surface area (TPSA) is 156 Å². The van der Waals surface area contributed by atoms with Crippen LogP contribution in [0.5, 0.6) is 0 Å². The molecule has 104 valence electrons. The van der Waals surface area contributed by atoms with E-state index in [1.165, 1.54) is 0 Å². The van der Waals surface area contributed by atoms with E-state index in [0.29, 0.717) is 22.8 Å². The maximum absolute atomic E-state index is 6.04. The van der Waals surface area contributed by atoms with E-state index in [0.717, 1.165) is 0 Å². The monoisotopic (exact) mass is 386 g/mol. The first-order valence-corrected chi connectivity index (χ1v) is 6.79. The van der Waals surface area contributed by atoms with Crippen molar-refractivity contribution in [3.63, 3.8) is 0 Å². The van der Waals surface area contributed by atoms with Crippen LogP contribution in [0.15, 0.2) is 0 Å². The molecule has 0 aliphatic heterocycles. The highest BCUT2D eigenvalue weighted by molar-refractivity contribution is 14.1. The van der Waals surface area contributed by atoms with Gasteiger partial charge < -0.3 is 27.3 Å². The lowest BCUT2D eigenvalue weighted by molar-refractivity contribution is 0.349. The molecule has 0 bridgehead atoms. The second-order valence-electron chi connectivity index (χ2n) is 4.45. The van der Waals surface area contributed by atoms with Crippen LogP contribution in [0, 0.1) is 0 Å². The first-order valence-electron chi connectivity index (χ1n) is 5.13. The van der Waals surface area contributed by atoms with Gasteiger partial charge in [-0.2, -0.15) is 0 Å². The Balaban J connectivity index is 3.53. The Kier molecular flexibility index (Phi) is 4.81. The van der Waals surface area contributed by atoms with E-state index in [1.54, 1.807) is 6.92 Å². The molecule has 0 saturated carbocycles. The summed E-state index contributed by atoms with van der Waals surface area (Å²) < 4.78 is 3.02. The predicted molar refractivity (Wildman–Crippen MR) is 86.1 cm³/mol. The number of H-pyrrole nitrogens is 1. The zero-order chi connectivity index (χ0) is 14.1. The van der Waals surface area contributed by atoms with E-state index in [-0.39, 0.29) is 0 Å². The van der Waals surface area contributed by atoms with Crippen LogP contribution in [0.2, 0.25) is 0 Å². The van der Waals surface area contributed by atoms with Crippen molar-refractivity contribution in [2.75, 3.05) is 10.8 Å². The Labute approximate surface area is 122 Å². The smallest absolute Gasteiger partial charge is 0.130 e. The molecule has 2 atom stereocenters. The standard InChI is InChI=1S/C8H20IN8P/c1-7(11,12)3-4(10)6(15-18)14-5(3)8(2,16-9)17-13/h14-17H,10-13,18H2,1-2H3. The van der Waals surface area contributed by atoms with Gasteiger partial charge in [0.1, 0.15) is 11.5 Å². The Bertz CT molecular complexity index is 421. The highest BCUT2D eigenvalue weighted by Gasteiger charge is 2.36. The maximum atomic E-state index is 6.04. The van der Waals surface area contributed by atoms with E-state index in [4.69, 9.17) is 23.0 Å². The molecule has 0 amide bonds. The van der Waals surface area contributed by atoms with E-state index in [1.807, 2.05) is 29.8 Å². The fourth-order valence-electron chi connectivity index (χ4n) is 1.71. The van der Waals surface area contributed by atoms with Gasteiger partial charge in [-0.05, 0) is 23.2 Å². The van der Waals surface area contributed by atoms with Crippen LogP contribution in [0.1, 0.15) is 25.1 Å². The number of hydrazine groups is 1. The van der Waals surface area contributed by atoms with Gasteiger partial charge in [0.2, 0.25) is 0 Å². The molecule has 0 fully saturated rings. The number of aromatic amines is 1. The van der Waals surface area contributed by atoms with Crippen molar-refractivity contribution in [3.8, 4) is 0 Å². The fraction of sp³-hybridized carbons (Fsp3) is 0.500. The number of rotatable bonds is 5. The third-order valence-corrected chi connectivity index (χ3v) is 4.07. The van der Waals surface area contributed by atoms with Gasteiger partial charge in [0.05, 0.1) is 17.0 Å². The van der Waals surface area contributed by atoms with Gasteiger partial charge in [0, 0.05) is 28.4 Å². The van der Waals surface area contributed by atoms with Gasteiger partial charge in [-0.1, -0.05) is 0 Å². The number of hydrogen-bond donors (Lipinski definition) is 8. The highest BCUT2D eigenvalue weighted by Crippen LogP contribution is 2.36. The third kappa shape index (κ3) is 2.72. The van der Waals surface area contributed by atoms with Crippen molar-refractivity contribution in [1.82, 2.24) is 13.9 Å². The SMILES string of the molecule is CC(N)(N)c1c(C(C)(NN)NI)[nH]c(NP)c1N. The number of hydrogen-bond acceptors (Lipinski definition) is 7. The molecule has 1 rings (SSSR count). The van der Waals surface area contributed by atoms with Crippen LogP contribution in [0.3, 0.4) is 0 Å². The summed E-state index contributed by atoms with van der Waals surface area (Å²) in [5, 5.41) is 2.87. The summed E-state index contributed by atoms with van der Waals surface area (Å²) in [7, 11) is 2.36. The second kappa shape index (κ2) is 5.45. The number of nitrogen functional groups attached to an aromatic ring is 1. The molecular formula is C8H20IN8P. The van der Waals surface area contributed by atoms with Crippen LogP contribution < -0.4 is 37.1 Å². The molecule has 0 radical (unpaired) electrons. The average molecular weight is 386 g/mol. The second-order valence-corrected chi connectivity index (χ2v) is 5.28. The van der Waals surface area contributed by atoms with Crippen LogP contribution in [0.25, 0.3) is 0 Å². The summed E-state index contributed by atoms with van der Waals surface area (Å²) in [5.74, 6) is 6.19. The van der Waals surface area contributed by atoms with Crippen LogP contribution in [-0.4, -0.2) is 4.98 Å². The Morgan fingerprint density at radius 3 is 2.22 bits per heavy atom. The number of nitrogens with two attached hydrogens (primary N) is 4. The molecule has 12 N–H and O–H groups in total. The molecule has 0 spiro atoms.